The zero-order valence-corrected chi connectivity index (χ0v) is 12.8. The van der Waals surface area contributed by atoms with Crippen LogP contribution in [0.4, 0.5) is 11.4 Å². The number of pyridine rings is 1. The number of nitrogens with zero attached hydrogens (tertiary/aromatic N) is 1. The molecule has 3 N–H and O–H groups in total. The van der Waals surface area contributed by atoms with E-state index < -0.39 is 0 Å². The van der Waals surface area contributed by atoms with E-state index in [1.54, 1.807) is 22.1 Å². The number of thiophene rings is 1. The van der Waals surface area contributed by atoms with Gasteiger partial charge >= 0.3 is 0 Å². The van der Waals surface area contributed by atoms with Crippen LogP contribution in [0, 0.1) is 0 Å². The Bertz CT molecular complexity index is 795. The minimum absolute atomic E-state index is 0.161. The van der Waals surface area contributed by atoms with Gasteiger partial charge in [0, 0.05) is 17.6 Å². The van der Waals surface area contributed by atoms with Crippen molar-refractivity contribution in [1.82, 2.24) is 4.57 Å². The topological polar surface area (TPSA) is 60.0 Å². The third kappa shape index (κ3) is 3.20. The standard InChI is InChI=1S/C17H17N3OS/c18-16-15(19-11-13-5-2-1-3-6-13)8-9-20(17(16)21)12-14-7-4-10-22-14/h1-10,19H,11-12,18H2. The Morgan fingerprint density at radius 2 is 1.91 bits per heavy atom. The van der Waals surface area contributed by atoms with E-state index in [0.29, 0.717) is 18.8 Å². The maximum Gasteiger partial charge on any atom is 0.276 e. The monoisotopic (exact) mass is 311 g/mol. The number of rotatable bonds is 5. The minimum atomic E-state index is -0.161. The van der Waals surface area contributed by atoms with Gasteiger partial charge in [0.1, 0.15) is 5.69 Å². The second kappa shape index (κ2) is 6.49. The summed E-state index contributed by atoms with van der Waals surface area (Å²) >= 11 is 1.63. The first-order valence-electron chi connectivity index (χ1n) is 7.03. The van der Waals surface area contributed by atoms with Crippen molar-refractivity contribution < 1.29 is 0 Å². The largest absolute Gasteiger partial charge is 0.393 e. The van der Waals surface area contributed by atoms with E-state index in [0.717, 1.165) is 10.4 Å². The fraction of sp³-hybridized carbons (Fsp3) is 0.118. The number of hydrogen-bond donors (Lipinski definition) is 2. The number of nitrogen functional groups attached to an aromatic ring is 1. The van der Waals surface area contributed by atoms with Gasteiger partial charge in [-0.15, -0.1) is 11.3 Å². The lowest BCUT2D eigenvalue weighted by molar-refractivity contribution is 0.773. The molecule has 0 atom stereocenters. The molecule has 0 fully saturated rings. The van der Waals surface area contributed by atoms with E-state index in [4.69, 9.17) is 5.73 Å². The molecule has 2 aromatic heterocycles. The Morgan fingerprint density at radius 1 is 1.09 bits per heavy atom. The fourth-order valence-corrected chi connectivity index (χ4v) is 2.94. The third-order valence-corrected chi connectivity index (χ3v) is 4.30. The predicted molar refractivity (Wildman–Crippen MR) is 92.3 cm³/mol. The maximum absolute atomic E-state index is 12.3. The van der Waals surface area contributed by atoms with Gasteiger partial charge in [-0.1, -0.05) is 36.4 Å². The molecule has 112 valence electrons. The van der Waals surface area contributed by atoms with Gasteiger partial charge < -0.3 is 15.6 Å². The molecular formula is C17H17N3OS. The molecule has 3 aromatic rings. The van der Waals surface area contributed by atoms with Crippen LogP contribution in [0.3, 0.4) is 0 Å². The first-order valence-corrected chi connectivity index (χ1v) is 7.91. The van der Waals surface area contributed by atoms with E-state index in [-0.39, 0.29) is 11.2 Å². The second-order valence-electron chi connectivity index (χ2n) is 4.99. The molecule has 1 aromatic carbocycles. The Kier molecular flexibility index (Phi) is 4.25. The quantitative estimate of drug-likeness (QED) is 0.761. The molecule has 22 heavy (non-hydrogen) atoms. The van der Waals surface area contributed by atoms with E-state index >= 15 is 0 Å². The number of anilines is 2. The molecule has 4 nitrogen and oxygen atoms in total. The van der Waals surface area contributed by atoms with Gasteiger partial charge in [0.2, 0.25) is 0 Å². The molecule has 5 heteroatoms. The summed E-state index contributed by atoms with van der Waals surface area (Å²) in [7, 11) is 0. The van der Waals surface area contributed by atoms with Crippen molar-refractivity contribution in [2.45, 2.75) is 13.1 Å². The van der Waals surface area contributed by atoms with Gasteiger partial charge in [0.25, 0.3) is 5.56 Å². The van der Waals surface area contributed by atoms with Crippen molar-refractivity contribution in [1.29, 1.82) is 0 Å². The summed E-state index contributed by atoms with van der Waals surface area (Å²) in [4.78, 5) is 13.5. The molecule has 0 aliphatic carbocycles. The van der Waals surface area contributed by atoms with Gasteiger partial charge in [0.15, 0.2) is 0 Å². The van der Waals surface area contributed by atoms with Crippen molar-refractivity contribution in [3.05, 3.63) is 80.9 Å². The molecule has 0 saturated carbocycles. The number of nitrogens with two attached hydrogens (primary N) is 1. The summed E-state index contributed by atoms with van der Waals surface area (Å²) in [6.07, 6.45) is 1.78. The highest BCUT2D eigenvalue weighted by Crippen LogP contribution is 2.16. The first kappa shape index (κ1) is 14.4. The smallest absolute Gasteiger partial charge is 0.276 e. The molecule has 2 heterocycles. The molecule has 0 unspecified atom stereocenters. The normalized spacial score (nSPS) is 10.5. The molecule has 0 saturated heterocycles. The molecule has 0 radical (unpaired) electrons. The minimum Gasteiger partial charge on any atom is -0.393 e. The van der Waals surface area contributed by atoms with Crippen LogP contribution in [0.1, 0.15) is 10.4 Å². The fourth-order valence-electron chi connectivity index (χ4n) is 2.23. The van der Waals surface area contributed by atoms with E-state index in [2.05, 4.69) is 5.32 Å². The summed E-state index contributed by atoms with van der Waals surface area (Å²) in [5.74, 6) is 0. The molecule has 0 bridgehead atoms. The molecule has 0 aliphatic rings. The van der Waals surface area contributed by atoms with E-state index in [1.165, 1.54) is 0 Å². The Morgan fingerprint density at radius 3 is 2.64 bits per heavy atom. The van der Waals surface area contributed by atoms with Crippen LogP contribution >= 0.6 is 11.3 Å². The number of hydrogen-bond acceptors (Lipinski definition) is 4. The predicted octanol–water partition coefficient (Wildman–Crippen LogP) is 3.15. The molecular weight excluding hydrogens is 294 g/mol. The van der Waals surface area contributed by atoms with Crippen LogP contribution in [-0.4, -0.2) is 4.57 Å². The highest BCUT2D eigenvalue weighted by molar-refractivity contribution is 7.09. The van der Waals surface area contributed by atoms with Crippen molar-refractivity contribution in [2.75, 3.05) is 11.1 Å². The molecule has 0 spiro atoms. The van der Waals surface area contributed by atoms with E-state index in [9.17, 15) is 4.79 Å². The average Bonchev–Trinajstić information content (AvgIpc) is 3.05. The van der Waals surface area contributed by atoms with Crippen molar-refractivity contribution in [3.63, 3.8) is 0 Å². The Balaban J connectivity index is 1.76. The number of aromatic nitrogens is 1. The first-order chi connectivity index (χ1) is 10.7. The number of nitrogens with one attached hydrogen (secondary N) is 1. The van der Waals surface area contributed by atoms with Crippen molar-refractivity contribution in [3.8, 4) is 0 Å². The van der Waals surface area contributed by atoms with Crippen LogP contribution in [0.15, 0.2) is 64.9 Å². The van der Waals surface area contributed by atoms with Crippen molar-refractivity contribution >= 4 is 22.7 Å². The lowest BCUT2D eigenvalue weighted by Crippen LogP contribution is -2.24. The molecule has 3 rings (SSSR count). The zero-order chi connectivity index (χ0) is 15.4. The van der Waals surface area contributed by atoms with Gasteiger partial charge in [-0.3, -0.25) is 4.79 Å². The average molecular weight is 311 g/mol. The highest BCUT2D eigenvalue weighted by atomic mass is 32.1. The maximum atomic E-state index is 12.3. The highest BCUT2D eigenvalue weighted by Gasteiger charge is 2.07. The van der Waals surface area contributed by atoms with Crippen LogP contribution < -0.4 is 16.6 Å². The lowest BCUT2D eigenvalue weighted by atomic mass is 10.2. The van der Waals surface area contributed by atoms with Gasteiger partial charge in [-0.2, -0.15) is 0 Å². The summed E-state index contributed by atoms with van der Waals surface area (Å²) in [5, 5.41) is 5.22. The molecule has 0 aliphatic heterocycles. The number of benzene rings is 1. The van der Waals surface area contributed by atoms with Crippen LogP contribution in [-0.2, 0) is 13.1 Å². The summed E-state index contributed by atoms with van der Waals surface area (Å²) < 4.78 is 1.63. The summed E-state index contributed by atoms with van der Waals surface area (Å²) in [5.41, 5.74) is 7.90. The van der Waals surface area contributed by atoms with Crippen LogP contribution in [0.5, 0.6) is 0 Å². The zero-order valence-electron chi connectivity index (χ0n) is 12.0. The van der Waals surface area contributed by atoms with Gasteiger partial charge in [0.05, 0.1) is 12.2 Å². The summed E-state index contributed by atoms with van der Waals surface area (Å²) in [6, 6.07) is 15.8. The second-order valence-corrected chi connectivity index (χ2v) is 6.03. The van der Waals surface area contributed by atoms with Crippen LogP contribution in [0.25, 0.3) is 0 Å². The SMILES string of the molecule is Nc1c(NCc2ccccc2)ccn(Cc2cccs2)c1=O. The third-order valence-electron chi connectivity index (χ3n) is 3.43. The Hall–Kier alpha value is -2.53. The lowest BCUT2D eigenvalue weighted by Gasteiger charge is -2.11. The van der Waals surface area contributed by atoms with Gasteiger partial charge in [-0.05, 0) is 23.1 Å². The van der Waals surface area contributed by atoms with Crippen molar-refractivity contribution in [2.24, 2.45) is 0 Å². The Labute approximate surface area is 132 Å². The van der Waals surface area contributed by atoms with Crippen LogP contribution in [0.2, 0.25) is 0 Å². The van der Waals surface area contributed by atoms with Gasteiger partial charge in [-0.25, -0.2) is 0 Å². The molecule has 0 amide bonds. The summed E-state index contributed by atoms with van der Waals surface area (Å²) in [6.45, 7) is 1.19. The van der Waals surface area contributed by atoms with E-state index in [1.807, 2.05) is 53.9 Å².